The molecule has 8 heteroatoms. The van der Waals surface area contributed by atoms with E-state index in [1.165, 1.54) is 0 Å². The summed E-state index contributed by atoms with van der Waals surface area (Å²) < 4.78 is 5.04. The highest BCUT2D eigenvalue weighted by Gasteiger charge is 2.21. The average molecular weight is 316 g/mol. The van der Waals surface area contributed by atoms with Gasteiger partial charge in [0.15, 0.2) is 5.82 Å². The molecule has 2 aromatic rings. The molecule has 0 spiro atoms. The molecule has 1 amide bonds. The molecule has 0 saturated carbocycles. The third-order valence-electron chi connectivity index (χ3n) is 3.73. The number of anilines is 3. The van der Waals surface area contributed by atoms with Gasteiger partial charge in [-0.15, -0.1) is 0 Å². The first-order chi connectivity index (χ1) is 11.0. The zero-order valence-electron chi connectivity index (χ0n) is 13.5. The van der Waals surface area contributed by atoms with E-state index in [4.69, 9.17) is 4.52 Å². The van der Waals surface area contributed by atoms with Crippen molar-refractivity contribution in [3.63, 3.8) is 0 Å². The molecular weight excluding hydrogens is 296 g/mol. The molecule has 0 aromatic carbocycles. The van der Waals surface area contributed by atoms with Crippen LogP contribution in [0.4, 0.5) is 17.6 Å². The van der Waals surface area contributed by atoms with Gasteiger partial charge in [0.05, 0.1) is 0 Å². The van der Waals surface area contributed by atoms with E-state index in [1.54, 1.807) is 6.92 Å². The van der Waals surface area contributed by atoms with Crippen LogP contribution in [0.15, 0.2) is 16.7 Å². The van der Waals surface area contributed by atoms with Gasteiger partial charge in [-0.25, -0.2) is 4.98 Å². The van der Waals surface area contributed by atoms with Crippen LogP contribution >= 0.6 is 0 Å². The number of hydrogen-bond donors (Lipinski definition) is 1. The first-order valence-electron chi connectivity index (χ1n) is 7.58. The number of carbonyl (C=O) groups is 1. The van der Waals surface area contributed by atoms with Gasteiger partial charge in [-0.2, -0.15) is 4.98 Å². The molecule has 8 nitrogen and oxygen atoms in total. The predicted octanol–water partition coefficient (Wildman–Crippen LogP) is 1.49. The molecule has 1 N–H and O–H groups in total. The van der Waals surface area contributed by atoms with Crippen LogP contribution in [0, 0.1) is 13.8 Å². The lowest BCUT2D eigenvalue weighted by Gasteiger charge is -2.34. The van der Waals surface area contributed by atoms with Gasteiger partial charge in [-0.05, 0) is 13.8 Å². The quantitative estimate of drug-likeness (QED) is 0.918. The van der Waals surface area contributed by atoms with Gasteiger partial charge in [0.25, 0.3) is 0 Å². The Kier molecular flexibility index (Phi) is 4.14. The minimum Gasteiger partial charge on any atom is -0.360 e. The normalized spacial score (nSPS) is 14.9. The third-order valence-corrected chi connectivity index (χ3v) is 3.73. The minimum absolute atomic E-state index is 0.110. The first-order valence-corrected chi connectivity index (χ1v) is 7.58. The predicted molar refractivity (Wildman–Crippen MR) is 85.8 cm³/mol. The number of amides is 1. The number of rotatable bonds is 3. The van der Waals surface area contributed by atoms with Gasteiger partial charge in [0, 0.05) is 50.9 Å². The van der Waals surface area contributed by atoms with E-state index in [0.29, 0.717) is 30.7 Å². The molecule has 0 unspecified atom stereocenters. The molecule has 1 fully saturated rings. The van der Waals surface area contributed by atoms with Gasteiger partial charge in [-0.3, -0.25) is 4.79 Å². The van der Waals surface area contributed by atoms with Crippen molar-refractivity contribution in [1.82, 2.24) is 20.0 Å². The lowest BCUT2D eigenvalue weighted by atomic mass is 10.3. The molecule has 2 aromatic heterocycles. The van der Waals surface area contributed by atoms with Crippen LogP contribution in [0.5, 0.6) is 0 Å². The van der Waals surface area contributed by atoms with Gasteiger partial charge >= 0.3 is 0 Å². The molecule has 3 rings (SSSR count). The summed E-state index contributed by atoms with van der Waals surface area (Å²) >= 11 is 0. The average Bonchev–Trinajstić information content (AvgIpc) is 2.92. The molecule has 1 saturated heterocycles. The summed E-state index contributed by atoms with van der Waals surface area (Å²) in [7, 11) is 0. The van der Waals surface area contributed by atoms with Crippen molar-refractivity contribution in [3.05, 3.63) is 23.6 Å². The number of nitrogens with zero attached hydrogens (tertiary/aromatic N) is 5. The van der Waals surface area contributed by atoms with Gasteiger partial charge < -0.3 is 19.6 Å². The topological polar surface area (TPSA) is 87.4 Å². The molecule has 23 heavy (non-hydrogen) atoms. The van der Waals surface area contributed by atoms with Crippen molar-refractivity contribution < 1.29 is 9.32 Å². The molecule has 0 bridgehead atoms. The number of nitrogens with one attached hydrogen (secondary N) is 1. The van der Waals surface area contributed by atoms with Gasteiger partial charge in [0.1, 0.15) is 11.6 Å². The second-order valence-electron chi connectivity index (χ2n) is 5.64. The molecule has 0 radical (unpaired) electrons. The largest absolute Gasteiger partial charge is 0.360 e. The Labute approximate surface area is 134 Å². The van der Waals surface area contributed by atoms with Crippen LogP contribution in [-0.4, -0.2) is 52.1 Å². The van der Waals surface area contributed by atoms with E-state index in [1.807, 2.05) is 30.9 Å². The summed E-state index contributed by atoms with van der Waals surface area (Å²) in [6, 6.07) is 3.67. The third kappa shape index (κ3) is 3.58. The Morgan fingerprint density at radius 1 is 1.13 bits per heavy atom. The SMILES string of the molecule is CC(=O)N1CCN(c2nc(C)cc(Nc3cc(C)on3)n2)CC1. The monoisotopic (exact) mass is 316 g/mol. The smallest absolute Gasteiger partial charge is 0.227 e. The van der Waals surface area contributed by atoms with Crippen molar-refractivity contribution in [3.8, 4) is 0 Å². The molecule has 1 aliphatic rings. The molecule has 3 heterocycles. The Hall–Kier alpha value is -2.64. The highest BCUT2D eigenvalue weighted by atomic mass is 16.5. The maximum atomic E-state index is 11.4. The second-order valence-corrected chi connectivity index (χ2v) is 5.64. The lowest BCUT2D eigenvalue weighted by Crippen LogP contribution is -2.48. The second kappa shape index (κ2) is 6.23. The lowest BCUT2D eigenvalue weighted by molar-refractivity contribution is -0.129. The summed E-state index contributed by atoms with van der Waals surface area (Å²) in [5, 5.41) is 7.03. The summed E-state index contributed by atoms with van der Waals surface area (Å²) in [5.41, 5.74) is 0.867. The van der Waals surface area contributed by atoms with Crippen LogP contribution in [0.25, 0.3) is 0 Å². The fourth-order valence-corrected chi connectivity index (χ4v) is 2.54. The highest BCUT2D eigenvalue weighted by molar-refractivity contribution is 5.73. The number of aromatic nitrogens is 3. The van der Waals surface area contributed by atoms with E-state index in [-0.39, 0.29) is 5.91 Å². The van der Waals surface area contributed by atoms with Crippen LogP contribution in [-0.2, 0) is 4.79 Å². The summed E-state index contributed by atoms with van der Waals surface area (Å²) in [5.74, 6) is 2.80. The van der Waals surface area contributed by atoms with E-state index in [0.717, 1.165) is 24.5 Å². The Morgan fingerprint density at radius 2 is 1.87 bits per heavy atom. The maximum absolute atomic E-state index is 11.4. The van der Waals surface area contributed by atoms with Crippen molar-refractivity contribution in [2.75, 3.05) is 36.4 Å². The zero-order valence-corrected chi connectivity index (χ0v) is 13.5. The van der Waals surface area contributed by atoms with Crippen LogP contribution in [0.2, 0.25) is 0 Å². The Morgan fingerprint density at radius 3 is 2.48 bits per heavy atom. The van der Waals surface area contributed by atoms with Crippen molar-refractivity contribution >= 4 is 23.5 Å². The van der Waals surface area contributed by atoms with Gasteiger partial charge in [0.2, 0.25) is 11.9 Å². The number of carbonyl (C=O) groups excluding carboxylic acids is 1. The molecule has 1 aliphatic heterocycles. The van der Waals surface area contributed by atoms with Crippen LogP contribution in [0.1, 0.15) is 18.4 Å². The number of aryl methyl sites for hydroxylation is 2. The fourth-order valence-electron chi connectivity index (χ4n) is 2.54. The standard InChI is InChI=1S/C15H20N6O2/c1-10-8-13(17-14-9-11(2)23-19-14)18-15(16-10)21-6-4-20(5-7-21)12(3)22/h8-9H,4-7H2,1-3H3,(H,16,17,18,19). The minimum atomic E-state index is 0.110. The van der Waals surface area contributed by atoms with Crippen LogP contribution in [0.3, 0.4) is 0 Å². The molecular formula is C15H20N6O2. The fraction of sp³-hybridized carbons (Fsp3) is 0.467. The van der Waals surface area contributed by atoms with Crippen molar-refractivity contribution in [2.45, 2.75) is 20.8 Å². The summed E-state index contributed by atoms with van der Waals surface area (Å²) in [4.78, 5) is 24.4. The van der Waals surface area contributed by atoms with E-state index >= 15 is 0 Å². The number of piperazine rings is 1. The first kappa shape index (κ1) is 15.3. The van der Waals surface area contributed by atoms with E-state index in [9.17, 15) is 4.79 Å². The Bertz CT molecular complexity index is 706. The summed E-state index contributed by atoms with van der Waals surface area (Å²) in [6.07, 6.45) is 0. The van der Waals surface area contributed by atoms with Crippen molar-refractivity contribution in [1.29, 1.82) is 0 Å². The van der Waals surface area contributed by atoms with Crippen LogP contribution < -0.4 is 10.2 Å². The van der Waals surface area contributed by atoms with E-state index in [2.05, 4.69) is 25.3 Å². The molecule has 122 valence electrons. The van der Waals surface area contributed by atoms with Crippen molar-refractivity contribution in [2.24, 2.45) is 0 Å². The Balaban J connectivity index is 1.74. The van der Waals surface area contributed by atoms with E-state index < -0.39 is 0 Å². The molecule has 0 aliphatic carbocycles. The highest BCUT2D eigenvalue weighted by Crippen LogP contribution is 2.19. The van der Waals surface area contributed by atoms with Gasteiger partial charge in [-0.1, -0.05) is 5.16 Å². The summed E-state index contributed by atoms with van der Waals surface area (Å²) in [6.45, 7) is 8.20. The zero-order chi connectivity index (χ0) is 16.4. The molecule has 0 atom stereocenters. The number of hydrogen-bond acceptors (Lipinski definition) is 7. The maximum Gasteiger partial charge on any atom is 0.227 e.